The van der Waals surface area contributed by atoms with Gasteiger partial charge < -0.3 is 15.2 Å². The van der Waals surface area contributed by atoms with Crippen molar-refractivity contribution in [3.05, 3.63) is 35.6 Å². The molecule has 0 aromatic heterocycles. The lowest BCUT2D eigenvalue weighted by atomic mass is 10.0. The molecule has 1 saturated heterocycles. The van der Waals surface area contributed by atoms with Crippen LogP contribution in [0.1, 0.15) is 11.6 Å². The van der Waals surface area contributed by atoms with Crippen LogP contribution in [0.25, 0.3) is 0 Å². The summed E-state index contributed by atoms with van der Waals surface area (Å²) in [6, 6.07) is 4.87. The minimum atomic E-state index is -0.772. The highest BCUT2D eigenvalue weighted by Crippen LogP contribution is 2.24. The molecule has 1 aromatic carbocycles. The Morgan fingerprint density at radius 2 is 2.10 bits per heavy atom. The molecule has 1 aromatic rings. The first-order chi connectivity index (χ1) is 10.0. The SMILES string of the molecule is COC(=O)C(c1ccc(F)cc1)N1CCOC(C(N)=O)C1. The quantitative estimate of drug-likeness (QED) is 0.804. The van der Waals surface area contributed by atoms with Crippen LogP contribution in [0.15, 0.2) is 24.3 Å². The lowest BCUT2D eigenvalue weighted by molar-refractivity contribution is -0.153. The number of rotatable bonds is 4. The highest BCUT2D eigenvalue weighted by atomic mass is 19.1. The number of benzene rings is 1. The second-order valence-electron chi connectivity index (χ2n) is 4.73. The largest absolute Gasteiger partial charge is 0.468 e. The summed E-state index contributed by atoms with van der Waals surface area (Å²) in [7, 11) is 1.28. The van der Waals surface area contributed by atoms with Gasteiger partial charge in [-0.25, -0.2) is 9.18 Å². The van der Waals surface area contributed by atoms with Crippen molar-refractivity contribution in [2.75, 3.05) is 26.8 Å². The number of hydrogen-bond acceptors (Lipinski definition) is 5. The third-order valence-corrected chi connectivity index (χ3v) is 3.39. The number of morpholine rings is 1. The average Bonchev–Trinajstić information content (AvgIpc) is 2.49. The highest BCUT2D eigenvalue weighted by molar-refractivity contribution is 5.80. The number of methoxy groups -OCH3 is 1. The first-order valence-corrected chi connectivity index (χ1v) is 6.51. The van der Waals surface area contributed by atoms with E-state index in [1.807, 2.05) is 0 Å². The molecule has 0 radical (unpaired) electrons. The molecule has 21 heavy (non-hydrogen) atoms. The maximum atomic E-state index is 13.0. The maximum Gasteiger partial charge on any atom is 0.327 e. The minimum absolute atomic E-state index is 0.187. The lowest BCUT2D eigenvalue weighted by Crippen LogP contribution is -2.51. The molecule has 2 N–H and O–H groups in total. The van der Waals surface area contributed by atoms with Crippen molar-refractivity contribution in [3.63, 3.8) is 0 Å². The number of ether oxygens (including phenoxy) is 2. The highest BCUT2D eigenvalue weighted by Gasteiger charge is 2.34. The summed E-state index contributed by atoms with van der Waals surface area (Å²) in [6.07, 6.45) is -0.772. The lowest BCUT2D eigenvalue weighted by Gasteiger charge is -2.35. The van der Waals surface area contributed by atoms with Crippen LogP contribution >= 0.6 is 0 Å². The van der Waals surface area contributed by atoms with E-state index < -0.39 is 24.0 Å². The summed E-state index contributed by atoms with van der Waals surface area (Å²) in [6.45, 7) is 0.912. The summed E-state index contributed by atoms with van der Waals surface area (Å²) in [5, 5.41) is 0. The van der Waals surface area contributed by atoms with E-state index in [1.54, 1.807) is 4.90 Å². The van der Waals surface area contributed by atoms with Crippen LogP contribution in [0.2, 0.25) is 0 Å². The van der Waals surface area contributed by atoms with Crippen LogP contribution in [0.3, 0.4) is 0 Å². The predicted octanol–water partition coefficient (Wildman–Crippen LogP) is 0.226. The zero-order valence-corrected chi connectivity index (χ0v) is 11.6. The Hall–Kier alpha value is -1.99. The molecule has 0 spiro atoms. The number of halogens is 1. The Morgan fingerprint density at radius 3 is 2.67 bits per heavy atom. The molecule has 1 amide bonds. The minimum Gasteiger partial charge on any atom is -0.468 e. The first kappa shape index (κ1) is 15.4. The molecule has 7 heteroatoms. The van der Waals surface area contributed by atoms with Gasteiger partial charge in [0.1, 0.15) is 18.0 Å². The van der Waals surface area contributed by atoms with Gasteiger partial charge in [0.05, 0.1) is 13.7 Å². The number of esters is 1. The number of carbonyl (C=O) groups excluding carboxylic acids is 2. The van der Waals surface area contributed by atoms with Crippen molar-refractivity contribution < 1.29 is 23.5 Å². The van der Waals surface area contributed by atoms with Crippen LogP contribution in [0, 0.1) is 5.82 Å². The normalized spacial score (nSPS) is 20.8. The molecular formula is C14H17FN2O4. The van der Waals surface area contributed by atoms with Crippen LogP contribution < -0.4 is 5.73 Å². The maximum absolute atomic E-state index is 13.0. The van der Waals surface area contributed by atoms with Gasteiger partial charge in [-0.05, 0) is 17.7 Å². The monoisotopic (exact) mass is 296 g/mol. The van der Waals surface area contributed by atoms with E-state index in [-0.39, 0.29) is 19.0 Å². The molecule has 114 valence electrons. The summed E-state index contributed by atoms with van der Waals surface area (Å²) >= 11 is 0. The third-order valence-electron chi connectivity index (χ3n) is 3.39. The third kappa shape index (κ3) is 3.56. The zero-order valence-electron chi connectivity index (χ0n) is 11.6. The number of nitrogens with two attached hydrogens (primary N) is 1. The number of hydrogen-bond donors (Lipinski definition) is 1. The van der Waals surface area contributed by atoms with Gasteiger partial charge in [-0.3, -0.25) is 9.69 Å². The van der Waals surface area contributed by atoms with Gasteiger partial charge in [0.15, 0.2) is 0 Å². The summed E-state index contributed by atoms with van der Waals surface area (Å²) in [4.78, 5) is 25.1. The number of amides is 1. The fourth-order valence-electron chi connectivity index (χ4n) is 2.33. The molecular weight excluding hydrogens is 279 g/mol. The molecule has 1 aliphatic rings. The van der Waals surface area contributed by atoms with Crippen LogP contribution in [0.4, 0.5) is 4.39 Å². The van der Waals surface area contributed by atoms with Crippen molar-refractivity contribution in [1.82, 2.24) is 4.90 Å². The van der Waals surface area contributed by atoms with Gasteiger partial charge in [0.2, 0.25) is 5.91 Å². The van der Waals surface area contributed by atoms with Crippen molar-refractivity contribution >= 4 is 11.9 Å². The summed E-state index contributed by atoms with van der Waals surface area (Å²) in [5.41, 5.74) is 5.83. The Kier molecular flexibility index (Phi) is 4.87. The van der Waals surface area contributed by atoms with Gasteiger partial charge in [-0.1, -0.05) is 12.1 Å². The Balaban J connectivity index is 2.25. The molecule has 1 heterocycles. The number of nitrogens with zero attached hydrogens (tertiary/aromatic N) is 1. The molecule has 6 nitrogen and oxygen atoms in total. The second-order valence-corrected chi connectivity index (χ2v) is 4.73. The molecule has 0 aliphatic carbocycles. The number of primary amides is 1. The summed E-state index contributed by atoms with van der Waals surface area (Å²) in [5.74, 6) is -1.45. The van der Waals surface area contributed by atoms with E-state index in [4.69, 9.17) is 15.2 Å². The van der Waals surface area contributed by atoms with E-state index in [9.17, 15) is 14.0 Å². The Morgan fingerprint density at radius 1 is 1.43 bits per heavy atom. The molecule has 2 unspecified atom stereocenters. The van der Waals surface area contributed by atoms with Gasteiger partial charge in [-0.15, -0.1) is 0 Å². The van der Waals surface area contributed by atoms with Crippen molar-refractivity contribution in [3.8, 4) is 0 Å². The number of carbonyl (C=O) groups is 2. The van der Waals surface area contributed by atoms with Gasteiger partial charge >= 0.3 is 5.97 Å². The van der Waals surface area contributed by atoms with Gasteiger partial charge in [-0.2, -0.15) is 0 Å². The zero-order chi connectivity index (χ0) is 15.4. The van der Waals surface area contributed by atoms with Crippen LogP contribution in [0.5, 0.6) is 0 Å². The van der Waals surface area contributed by atoms with E-state index >= 15 is 0 Å². The van der Waals surface area contributed by atoms with Crippen molar-refractivity contribution in [2.24, 2.45) is 5.73 Å². The fraction of sp³-hybridized carbons (Fsp3) is 0.429. The van der Waals surface area contributed by atoms with Gasteiger partial charge in [0.25, 0.3) is 0 Å². The molecule has 2 rings (SSSR count). The standard InChI is InChI=1S/C14H17FN2O4/c1-20-14(19)12(9-2-4-10(15)5-3-9)17-6-7-21-11(8-17)13(16)18/h2-5,11-12H,6-8H2,1H3,(H2,16,18). The second kappa shape index (κ2) is 6.64. The molecule has 1 fully saturated rings. The molecule has 2 atom stereocenters. The van der Waals surface area contributed by atoms with Crippen LogP contribution in [-0.2, 0) is 19.1 Å². The smallest absolute Gasteiger partial charge is 0.327 e. The fourth-order valence-corrected chi connectivity index (χ4v) is 2.33. The Bertz CT molecular complexity index is 520. The molecule has 0 saturated carbocycles. The predicted molar refractivity (Wildman–Crippen MR) is 71.7 cm³/mol. The van der Waals surface area contributed by atoms with Crippen molar-refractivity contribution in [1.29, 1.82) is 0 Å². The Labute approximate surface area is 121 Å². The molecule has 1 aliphatic heterocycles. The van der Waals surface area contributed by atoms with Gasteiger partial charge in [0, 0.05) is 13.1 Å². The van der Waals surface area contributed by atoms with E-state index in [2.05, 4.69) is 0 Å². The van der Waals surface area contributed by atoms with E-state index in [0.717, 1.165) is 0 Å². The first-order valence-electron chi connectivity index (χ1n) is 6.51. The van der Waals surface area contributed by atoms with Crippen molar-refractivity contribution in [2.45, 2.75) is 12.1 Å². The molecule has 0 bridgehead atoms. The van der Waals surface area contributed by atoms with E-state index in [1.165, 1.54) is 31.4 Å². The van der Waals surface area contributed by atoms with E-state index in [0.29, 0.717) is 12.1 Å². The average molecular weight is 296 g/mol. The summed E-state index contributed by atoms with van der Waals surface area (Å²) < 4.78 is 23.1. The van der Waals surface area contributed by atoms with Crippen LogP contribution in [-0.4, -0.2) is 49.7 Å². The topological polar surface area (TPSA) is 81.9 Å².